The minimum absolute atomic E-state index is 0.0909. The van der Waals surface area contributed by atoms with Crippen LogP contribution in [0.3, 0.4) is 0 Å². The number of ether oxygens (including phenoxy) is 1. The van der Waals surface area contributed by atoms with Crippen LogP contribution in [0.5, 0.6) is 5.75 Å². The number of piperidine rings is 1. The second-order valence-corrected chi connectivity index (χ2v) is 4.21. The largest absolute Gasteiger partial charge is 0.492 e. The molecule has 5 nitrogen and oxygen atoms in total. The van der Waals surface area contributed by atoms with E-state index in [4.69, 9.17) is 4.74 Å². The summed E-state index contributed by atoms with van der Waals surface area (Å²) in [5.74, 6) is 0.683. The predicted molar refractivity (Wildman–Crippen MR) is 64.2 cm³/mol. The molecule has 1 N–H and O–H groups in total. The average Bonchev–Trinajstić information content (AvgIpc) is 2.38. The van der Waals surface area contributed by atoms with Crippen LogP contribution in [-0.4, -0.2) is 24.1 Å². The lowest BCUT2D eigenvalue weighted by Crippen LogP contribution is -2.38. The molecule has 1 aromatic carbocycles. The third-order valence-electron chi connectivity index (χ3n) is 2.91. The van der Waals surface area contributed by atoms with E-state index in [1.165, 1.54) is 25.0 Å². The molecule has 0 aromatic heterocycles. The van der Waals surface area contributed by atoms with Crippen molar-refractivity contribution in [1.82, 2.24) is 5.32 Å². The third kappa shape index (κ3) is 3.42. The quantitative estimate of drug-likeness (QED) is 0.642. The second kappa shape index (κ2) is 5.63. The second-order valence-electron chi connectivity index (χ2n) is 4.21. The fourth-order valence-electron chi connectivity index (χ4n) is 1.93. The number of nitro groups is 1. The van der Waals surface area contributed by atoms with E-state index in [1.807, 2.05) is 0 Å². The minimum Gasteiger partial charge on any atom is -0.492 e. The molecule has 1 saturated heterocycles. The number of nitro benzene ring substituents is 1. The Balaban J connectivity index is 1.84. The Morgan fingerprint density at radius 1 is 1.35 bits per heavy atom. The molecule has 0 saturated carbocycles. The number of non-ortho nitro benzene ring substituents is 1. The van der Waals surface area contributed by atoms with Gasteiger partial charge in [-0.3, -0.25) is 10.1 Å². The van der Waals surface area contributed by atoms with Crippen molar-refractivity contribution in [2.75, 3.05) is 13.2 Å². The summed E-state index contributed by atoms with van der Waals surface area (Å²) in [7, 11) is 0. The Morgan fingerprint density at radius 2 is 2.12 bits per heavy atom. The first kappa shape index (κ1) is 11.9. The van der Waals surface area contributed by atoms with Gasteiger partial charge in [-0.05, 0) is 31.5 Å². The molecule has 0 bridgehead atoms. The molecule has 1 fully saturated rings. The molecule has 0 aliphatic carbocycles. The van der Waals surface area contributed by atoms with E-state index in [0.29, 0.717) is 18.4 Å². The first-order valence-electron chi connectivity index (χ1n) is 5.86. The fourth-order valence-corrected chi connectivity index (χ4v) is 1.93. The van der Waals surface area contributed by atoms with Crippen molar-refractivity contribution in [2.24, 2.45) is 0 Å². The van der Waals surface area contributed by atoms with Crippen LogP contribution in [0.15, 0.2) is 24.3 Å². The van der Waals surface area contributed by atoms with Crippen LogP contribution in [0.1, 0.15) is 19.3 Å². The fraction of sp³-hybridized carbons (Fsp3) is 0.500. The van der Waals surface area contributed by atoms with Gasteiger partial charge in [-0.15, -0.1) is 0 Å². The van der Waals surface area contributed by atoms with Gasteiger partial charge >= 0.3 is 0 Å². The smallest absolute Gasteiger partial charge is 0.269 e. The first-order valence-corrected chi connectivity index (χ1v) is 5.86. The summed E-state index contributed by atoms with van der Waals surface area (Å²) in [5, 5.41) is 13.9. The highest BCUT2D eigenvalue weighted by Gasteiger charge is 2.13. The Hall–Kier alpha value is -1.62. The van der Waals surface area contributed by atoms with Gasteiger partial charge < -0.3 is 10.1 Å². The molecule has 1 aliphatic heterocycles. The number of hydrogen-bond acceptors (Lipinski definition) is 4. The van der Waals surface area contributed by atoms with Gasteiger partial charge in [-0.1, -0.05) is 6.42 Å². The highest BCUT2D eigenvalue weighted by atomic mass is 16.6. The summed E-state index contributed by atoms with van der Waals surface area (Å²) in [6.07, 6.45) is 3.60. The molecular formula is C12H16N2O3. The van der Waals surface area contributed by atoms with Crippen LogP contribution in [0.2, 0.25) is 0 Å². The zero-order valence-electron chi connectivity index (χ0n) is 9.59. The van der Waals surface area contributed by atoms with Crippen molar-refractivity contribution in [3.63, 3.8) is 0 Å². The topological polar surface area (TPSA) is 64.4 Å². The molecule has 1 aliphatic rings. The summed E-state index contributed by atoms with van der Waals surface area (Å²) >= 11 is 0. The third-order valence-corrected chi connectivity index (χ3v) is 2.91. The SMILES string of the molecule is O=[N+]([O-])c1ccc(OCC2CCCCN2)cc1. The van der Waals surface area contributed by atoms with Crippen molar-refractivity contribution in [3.05, 3.63) is 34.4 Å². The van der Waals surface area contributed by atoms with E-state index in [-0.39, 0.29) is 5.69 Å². The van der Waals surface area contributed by atoms with Gasteiger partial charge in [0.1, 0.15) is 12.4 Å². The van der Waals surface area contributed by atoms with Crippen molar-refractivity contribution in [2.45, 2.75) is 25.3 Å². The Labute approximate surface area is 99.9 Å². The monoisotopic (exact) mass is 236 g/mol. The van der Waals surface area contributed by atoms with E-state index in [9.17, 15) is 10.1 Å². The van der Waals surface area contributed by atoms with Crippen LogP contribution in [0.4, 0.5) is 5.69 Å². The maximum absolute atomic E-state index is 10.5. The highest BCUT2D eigenvalue weighted by molar-refractivity contribution is 5.35. The number of nitrogens with one attached hydrogen (secondary N) is 1. The summed E-state index contributed by atoms with van der Waals surface area (Å²) < 4.78 is 5.60. The van der Waals surface area contributed by atoms with Crippen LogP contribution in [0, 0.1) is 10.1 Å². The lowest BCUT2D eigenvalue weighted by atomic mass is 10.1. The van der Waals surface area contributed by atoms with E-state index in [2.05, 4.69) is 5.32 Å². The van der Waals surface area contributed by atoms with Gasteiger partial charge in [0.15, 0.2) is 0 Å². The summed E-state index contributed by atoms with van der Waals surface area (Å²) in [6, 6.07) is 6.61. The van der Waals surface area contributed by atoms with Gasteiger partial charge in [0.2, 0.25) is 0 Å². The van der Waals surface area contributed by atoms with Gasteiger partial charge in [-0.25, -0.2) is 0 Å². The molecule has 1 atom stereocenters. The molecule has 17 heavy (non-hydrogen) atoms. The van der Waals surface area contributed by atoms with Crippen LogP contribution >= 0.6 is 0 Å². The first-order chi connectivity index (χ1) is 8.25. The molecule has 0 radical (unpaired) electrons. The predicted octanol–water partition coefficient (Wildman–Crippen LogP) is 2.12. The zero-order chi connectivity index (χ0) is 12.1. The lowest BCUT2D eigenvalue weighted by molar-refractivity contribution is -0.384. The number of rotatable bonds is 4. The van der Waals surface area contributed by atoms with Gasteiger partial charge in [0.05, 0.1) is 4.92 Å². The average molecular weight is 236 g/mol. The normalized spacial score (nSPS) is 19.9. The van der Waals surface area contributed by atoms with Crippen molar-refractivity contribution in [3.8, 4) is 5.75 Å². The van der Waals surface area contributed by atoms with E-state index < -0.39 is 4.92 Å². The summed E-state index contributed by atoms with van der Waals surface area (Å²) in [5.41, 5.74) is 0.0909. The van der Waals surface area contributed by atoms with Crippen molar-refractivity contribution >= 4 is 5.69 Å². The lowest BCUT2D eigenvalue weighted by Gasteiger charge is -2.23. The van der Waals surface area contributed by atoms with E-state index in [0.717, 1.165) is 13.0 Å². The standard InChI is InChI=1S/C12H16N2O3/c15-14(16)11-4-6-12(7-5-11)17-9-10-3-1-2-8-13-10/h4-7,10,13H,1-3,8-9H2. The molecule has 1 heterocycles. The number of hydrogen-bond donors (Lipinski definition) is 1. The van der Waals surface area contributed by atoms with E-state index in [1.54, 1.807) is 12.1 Å². The van der Waals surface area contributed by atoms with Crippen LogP contribution in [-0.2, 0) is 0 Å². The molecule has 0 amide bonds. The van der Waals surface area contributed by atoms with Crippen molar-refractivity contribution in [1.29, 1.82) is 0 Å². The molecule has 1 unspecified atom stereocenters. The number of benzene rings is 1. The van der Waals surface area contributed by atoms with Gasteiger partial charge in [-0.2, -0.15) is 0 Å². The minimum atomic E-state index is -0.410. The molecule has 5 heteroatoms. The Bertz CT molecular complexity index is 372. The number of nitrogens with zero attached hydrogens (tertiary/aromatic N) is 1. The van der Waals surface area contributed by atoms with Gasteiger partial charge in [0.25, 0.3) is 5.69 Å². The molecule has 0 spiro atoms. The van der Waals surface area contributed by atoms with Crippen LogP contribution in [0.25, 0.3) is 0 Å². The molecule has 2 rings (SSSR count). The molecule has 92 valence electrons. The molecular weight excluding hydrogens is 220 g/mol. The van der Waals surface area contributed by atoms with Crippen LogP contribution < -0.4 is 10.1 Å². The zero-order valence-corrected chi connectivity index (χ0v) is 9.59. The Kier molecular flexibility index (Phi) is 3.93. The van der Waals surface area contributed by atoms with Crippen molar-refractivity contribution < 1.29 is 9.66 Å². The van der Waals surface area contributed by atoms with E-state index >= 15 is 0 Å². The Morgan fingerprint density at radius 3 is 2.71 bits per heavy atom. The maximum Gasteiger partial charge on any atom is 0.269 e. The highest BCUT2D eigenvalue weighted by Crippen LogP contribution is 2.18. The summed E-state index contributed by atoms with van der Waals surface area (Å²) in [6.45, 7) is 1.67. The molecule has 1 aromatic rings. The summed E-state index contributed by atoms with van der Waals surface area (Å²) in [4.78, 5) is 10.1. The maximum atomic E-state index is 10.5. The van der Waals surface area contributed by atoms with Gasteiger partial charge in [0, 0.05) is 18.2 Å².